The van der Waals surface area contributed by atoms with E-state index in [0.29, 0.717) is 19.5 Å². The number of fused-ring (bicyclic) bond motifs is 1. The van der Waals surface area contributed by atoms with Crippen LogP contribution in [-0.2, 0) is 16.0 Å². The first-order valence-corrected chi connectivity index (χ1v) is 11.6. The molecule has 0 N–H and O–H groups in total. The molecule has 0 saturated heterocycles. The summed E-state index contributed by atoms with van der Waals surface area (Å²) >= 11 is 1.77. The van der Waals surface area contributed by atoms with Crippen LogP contribution in [0.25, 0.3) is 0 Å². The monoisotopic (exact) mass is 412 g/mol. The Labute approximate surface area is 178 Å². The Morgan fingerprint density at radius 2 is 1.90 bits per heavy atom. The van der Waals surface area contributed by atoms with E-state index in [4.69, 9.17) is 0 Å². The van der Waals surface area contributed by atoms with Crippen molar-refractivity contribution in [1.29, 1.82) is 0 Å². The van der Waals surface area contributed by atoms with Gasteiger partial charge in [0.25, 0.3) is 0 Å². The van der Waals surface area contributed by atoms with Gasteiger partial charge in [0.15, 0.2) is 0 Å². The summed E-state index contributed by atoms with van der Waals surface area (Å²) in [5.74, 6) is 0.141. The Morgan fingerprint density at radius 1 is 1.14 bits per heavy atom. The minimum absolute atomic E-state index is 0.0491. The molecule has 1 aromatic heterocycles. The Balaban J connectivity index is 1.85. The van der Waals surface area contributed by atoms with E-state index in [-0.39, 0.29) is 24.4 Å². The van der Waals surface area contributed by atoms with Gasteiger partial charge in [0.1, 0.15) is 0 Å². The summed E-state index contributed by atoms with van der Waals surface area (Å²) in [7, 11) is 0. The Bertz CT molecular complexity index is 828. The minimum atomic E-state index is -0.0626. The van der Waals surface area contributed by atoms with Crippen LogP contribution >= 0.6 is 11.3 Å². The van der Waals surface area contributed by atoms with Gasteiger partial charge in [-0.05, 0) is 48.8 Å². The van der Waals surface area contributed by atoms with Crippen LogP contribution in [0.1, 0.15) is 67.1 Å². The molecule has 0 fully saturated rings. The molecule has 5 heteroatoms. The number of nitrogens with zero attached hydrogens (tertiary/aromatic N) is 2. The van der Waals surface area contributed by atoms with Crippen molar-refractivity contribution in [3.63, 3.8) is 0 Å². The van der Waals surface area contributed by atoms with Crippen LogP contribution in [0, 0.1) is 6.92 Å². The quantitative estimate of drug-likeness (QED) is 0.615. The summed E-state index contributed by atoms with van der Waals surface area (Å²) in [4.78, 5) is 31.1. The number of aryl methyl sites for hydroxylation is 1. The number of carbonyl (C=O) groups is 2. The highest BCUT2D eigenvalue weighted by atomic mass is 32.1. The van der Waals surface area contributed by atoms with Crippen molar-refractivity contribution >= 4 is 23.2 Å². The van der Waals surface area contributed by atoms with Crippen LogP contribution in [0.15, 0.2) is 35.7 Å². The third kappa shape index (κ3) is 5.08. The van der Waals surface area contributed by atoms with Crippen LogP contribution in [-0.4, -0.2) is 41.2 Å². The van der Waals surface area contributed by atoms with Crippen molar-refractivity contribution in [2.24, 2.45) is 0 Å². The number of amides is 2. The van der Waals surface area contributed by atoms with Crippen LogP contribution in [0.3, 0.4) is 0 Å². The molecule has 1 aromatic carbocycles. The van der Waals surface area contributed by atoms with Crippen molar-refractivity contribution in [2.75, 3.05) is 19.6 Å². The third-order valence-electron chi connectivity index (χ3n) is 5.60. The minimum Gasteiger partial charge on any atom is -0.333 e. The van der Waals surface area contributed by atoms with Crippen LogP contribution in [0.5, 0.6) is 0 Å². The van der Waals surface area contributed by atoms with Gasteiger partial charge >= 0.3 is 0 Å². The SMILES string of the molecule is CCCCN(CC(=O)N1CCc2sccc2[C@@H]1c1ccc(C)cc1)C(=O)CCC. The standard InChI is InChI=1S/C24H32N2O2S/c1-4-6-14-25(22(27)7-5-2)17-23(28)26-15-12-21-20(13-16-29-21)24(26)19-10-8-18(3)9-11-19/h8-11,13,16,24H,4-7,12,14-15,17H2,1-3H3/t24-/m0/s1. The largest absolute Gasteiger partial charge is 0.333 e. The number of carbonyl (C=O) groups excluding carboxylic acids is 2. The fourth-order valence-electron chi connectivity index (χ4n) is 3.96. The highest BCUT2D eigenvalue weighted by molar-refractivity contribution is 7.10. The molecule has 0 unspecified atom stereocenters. The van der Waals surface area contributed by atoms with Gasteiger partial charge in [0.2, 0.25) is 11.8 Å². The molecule has 2 aromatic rings. The number of hydrogen-bond acceptors (Lipinski definition) is 3. The summed E-state index contributed by atoms with van der Waals surface area (Å²) in [5, 5.41) is 2.12. The lowest BCUT2D eigenvalue weighted by Crippen LogP contribution is -2.47. The van der Waals surface area contributed by atoms with E-state index in [2.05, 4.69) is 49.6 Å². The molecule has 0 spiro atoms. The summed E-state index contributed by atoms with van der Waals surface area (Å²) in [5.41, 5.74) is 3.59. The molecule has 0 aliphatic carbocycles. The predicted molar refractivity (Wildman–Crippen MR) is 119 cm³/mol. The second-order valence-corrected chi connectivity index (χ2v) is 8.87. The molecular formula is C24H32N2O2S. The fourth-order valence-corrected chi connectivity index (χ4v) is 4.86. The normalized spacial score (nSPS) is 15.8. The van der Waals surface area contributed by atoms with Gasteiger partial charge in [-0.3, -0.25) is 9.59 Å². The van der Waals surface area contributed by atoms with Crippen molar-refractivity contribution in [1.82, 2.24) is 9.80 Å². The van der Waals surface area contributed by atoms with Gasteiger partial charge in [-0.15, -0.1) is 11.3 Å². The van der Waals surface area contributed by atoms with E-state index >= 15 is 0 Å². The fraction of sp³-hybridized carbons (Fsp3) is 0.500. The zero-order chi connectivity index (χ0) is 20.8. The van der Waals surface area contributed by atoms with Gasteiger partial charge in [0, 0.05) is 24.4 Å². The molecule has 156 valence electrons. The number of rotatable bonds is 8. The molecule has 2 amide bonds. The Hall–Kier alpha value is -2.14. The average molecular weight is 413 g/mol. The average Bonchev–Trinajstić information content (AvgIpc) is 3.20. The Kier molecular flexibility index (Phi) is 7.48. The summed E-state index contributed by atoms with van der Waals surface area (Å²) in [6, 6.07) is 10.6. The van der Waals surface area contributed by atoms with E-state index < -0.39 is 0 Å². The third-order valence-corrected chi connectivity index (χ3v) is 6.60. The maximum absolute atomic E-state index is 13.4. The molecular weight excluding hydrogens is 380 g/mol. The van der Waals surface area contributed by atoms with Crippen molar-refractivity contribution < 1.29 is 9.59 Å². The molecule has 1 atom stereocenters. The number of hydrogen-bond donors (Lipinski definition) is 0. The van der Waals surface area contributed by atoms with Gasteiger partial charge in [0.05, 0.1) is 12.6 Å². The van der Waals surface area contributed by atoms with E-state index in [0.717, 1.165) is 31.2 Å². The zero-order valence-corrected chi connectivity index (χ0v) is 18.6. The molecule has 29 heavy (non-hydrogen) atoms. The number of thiophene rings is 1. The molecule has 3 rings (SSSR count). The van der Waals surface area contributed by atoms with Crippen LogP contribution < -0.4 is 0 Å². The lowest BCUT2D eigenvalue weighted by atomic mass is 9.92. The molecule has 2 heterocycles. The first kappa shape index (κ1) is 21.6. The highest BCUT2D eigenvalue weighted by Gasteiger charge is 2.33. The number of benzene rings is 1. The van der Waals surface area contributed by atoms with Crippen molar-refractivity contribution in [3.05, 3.63) is 57.3 Å². The van der Waals surface area contributed by atoms with E-state index in [9.17, 15) is 9.59 Å². The maximum Gasteiger partial charge on any atom is 0.242 e. The van der Waals surface area contributed by atoms with Gasteiger partial charge < -0.3 is 9.80 Å². The van der Waals surface area contributed by atoms with Crippen molar-refractivity contribution in [2.45, 2.75) is 58.9 Å². The second-order valence-electron chi connectivity index (χ2n) is 7.87. The zero-order valence-electron chi connectivity index (χ0n) is 17.8. The van der Waals surface area contributed by atoms with Gasteiger partial charge in [-0.25, -0.2) is 0 Å². The summed E-state index contributed by atoms with van der Waals surface area (Å²) in [6.45, 7) is 7.74. The number of unbranched alkanes of at least 4 members (excludes halogenated alkanes) is 1. The second kappa shape index (κ2) is 10.1. The first-order chi connectivity index (χ1) is 14.0. The highest BCUT2D eigenvalue weighted by Crippen LogP contribution is 2.38. The summed E-state index contributed by atoms with van der Waals surface area (Å²) in [6.07, 6.45) is 4.15. The van der Waals surface area contributed by atoms with E-state index in [1.54, 1.807) is 16.2 Å². The van der Waals surface area contributed by atoms with Crippen LogP contribution in [0.4, 0.5) is 0 Å². The lowest BCUT2D eigenvalue weighted by molar-refractivity contribution is -0.141. The molecule has 4 nitrogen and oxygen atoms in total. The van der Waals surface area contributed by atoms with Crippen molar-refractivity contribution in [3.8, 4) is 0 Å². The van der Waals surface area contributed by atoms with Gasteiger partial charge in [-0.1, -0.05) is 50.1 Å². The molecule has 0 bridgehead atoms. The topological polar surface area (TPSA) is 40.6 Å². The first-order valence-electron chi connectivity index (χ1n) is 10.7. The van der Waals surface area contributed by atoms with Gasteiger partial charge in [-0.2, -0.15) is 0 Å². The van der Waals surface area contributed by atoms with E-state index in [1.807, 2.05) is 11.8 Å². The molecule has 1 aliphatic rings. The lowest BCUT2D eigenvalue weighted by Gasteiger charge is -2.37. The predicted octanol–water partition coefficient (Wildman–Crippen LogP) is 4.96. The summed E-state index contributed by atoms with van der Waals surface area (Å²) < 4.78 is 0. The van der Waals surface area contributed by atoms with E-state index in [1.165, 1.54) is 16.0 Å². The molecule has 1 aliphatic heterocycles. The molecule has 0 radical (unpaired) electrons. The van der Waals surface area contributed by atoms with Crippen LogP contribution in [0.2, 0.25) is 0 Å². The smallest absolute Gasteiger partial charge is 0.242 e. The maximum atomic E-state index is 13.4. The molecule has 0 saturated carbocycles. The Morgan fingerprint density at radius 3 is 2.59 bits per heavy atom.